The summed E-state index contributed by atoms with van der Waals surface area (Å²) >= 11 is 0. The molecule has 0 aliphatic carbocycles. The molecule has 6 heteroatoms. The van der Waals surface area contributed by atoms with Gasteiger partial charge in [0.05, 0.1) is 7.11 Å². The summed E-state index contributed by atoms with van der Waals surface area (Å²) in [5, 5.41) is 4.02. The number of hydrogen-bond acceptors (Lipinski definition) is 5. The van der Waals surface area contributed by atoms with Crippen molar-refractivity contribution in [3.05, 3.63) is 77.9 Å². The van der Waals surface area contributed by atoms with Crippen LogP contribution in [0.2, 0.25) is 0 Å². The number of carbonyl (C=O) groups excluding carboxylic acids is 1. The van der Waals surface area contributed by atoms with Crippen LogP contribution in [0, 0.1) is 0 Å². The molecule has 2 unspecified atom stereocenters. The van der Waals surface area contributed by atoms with E-state index in [0.29, 0.717) is 30.2 Å². The molecule has 26 heavy (non-hydrogen) atoms. The molecule has 1 fully saturated rings. The second kappa shape index (κ2) is 7.00. The molecule has 6 nitrogen and oxygen atoms in total. The number of benzene rings is 2. The van der Waals surface area contributed by atoms with Crippen LogP contribution in [-0.4, -0.2) is 41.1 Å². The lowest BCUT2D eigenvalue weighted by Gasteiger charge is -2.17. The van der Waals surface area contributed by atoms with Gasteiger partial charge in [0.2, 0.25) is 6.39 Å². The van der Waals surface area contributed by atoms with Crippen LogP contribution in [0.15, 0.2) is 65.5 Å². The number of likely N-dealkylation sites (tertiary alicyclic amines) is 1. The van der Waals surface area contributed by atoms with Gasteiger partial charge in [0.15, 0.2) is 5.82 Å². The molecule has 132 valence electrons. The first kappa shape index (κ1) is 16.3. The van der Waals surface area contributed by atoms with E-state index in [0.717, 1.165) is 0 Å². The van der Waals surface area contributed by atoms with Crippen molar-refractivity contribution in [1.82, 2.24) is 15.0 Å². The molecule has 1 aromatic heterocycles. The number of carbonyl (C=O) groups is 1. The summed E-state index contributed by atoms with van der Waals surface area (Å²) in [6.45, 7) is 1.16. The molecular formula is C20H19N3O3. The van der Waals surface area contributed by atoms with Gasteiger partial charge in [0.25, 0.3) is 5.91 Å². The third-order valence-corrected chi connectivity index (χ3v) is 4.86. The van der Waals surface area contributed by atoms with E-state index >= 15 is 0 Å². The monoisotopic (exact) mass is 349 g/mol. The van der Waals surface area contributed by atoms with E-state index in [2.05, 4.69) is 22.3 Å². The Hall–Kier alpha value is -3.15. The van der Waals surface area contributed by atoms with Crippen LogP contribution in [0.4, 0.5) is 0 Å². The first-order valence-electron chi connectivity index (χ1n) is 8.51. The van der Waals surface area contributed by atoms with Gasteiger partial charge in [-0.3, -0.25) is 4.79 Å². The molecular weight excluding hydrogens is 330 g/mol. The van der Waals surface area contributed by atoms with Gasteiger partial charge >= 0.3 is 0 Å². The maximum absolute atomic E-state index is 13.0. The second-order valence-corrected chi connectivity index (χ2v) is 6.36. The van der Waals surface area contributed by atoms with Gasteiger partial charge in [-0.05, 0) is 23.8 Å². The number of hydrogen-bond donors (Lipinski definition) is 0. The highest BCUT2D eigenvalue weighted by Gasteiger charge is 2.39. The Bertz CT molecular complexity index is 880. The van der Waals surface area contributed by atoms with Gasteiger partial charge in [-0.15, -0.1) is 0 Å². The second-order valence-electron chi connectivity index (χ2n) is 6.36. The van der Waals surface area contributed by atoms with Crippen molar-refractivity contribution < 1.29 is 14.1 Å². The Balaban J connectivity index is 1.63. The molecule has 1 aliphatic rings. The zero-order valence-electron chi connectivity index (χ0n) is 14.4. The molecule has 0 bridgehead atoms. The molecule has 1 aliphatic heterocycles. The zero-order chi connectivity index (χ0) is 17.9. The smallest absolute Gasteiger partial charge is 0.254 e. The average molecular weight is 349 g/mol. The topological polar surface area (TPSA) is 68.5 Å². The molecule has 2 aromatic carbocycles. The van der Waals surface area contributed by atoms with Gasteiger partial charge in [0, 0.05) is 30.5 Å². The fourth-order valence-corrected chi connectivity index (χ4v) is 3.55. The van der Waals surface area contributed by atoms with Crippen LogP contribution in [0.1, 0.15) is 33.6 Å². The summed E-state index contributed by atoms with van der Waals surface area (Å²) in [4.78, 5) is 19.1. The first-order chi connectivity index (χ1) is 12.8. The van der Waals surface area contributed by atoms with Crippen LogP contribution < -0.4 is 4.74 Å². The summed E-state index contributed by atoms with van der Waals surface area (Å²) in [5.41, 5.74) is 1.79. The number of amides is 1. The lowest BCUT2D eigenvalue weighted by atomic mass is 9.88. The zero-order valence-corrected chi connectivity index (χ0v) is 14.4. The van der Waals surface area contributed by atoms with E-state index < -0.39 is 0 Å². The lowest BCUT2D eigenvalue weighted by Crippen LogP contribution is -2.28. The largest absolute Gasteiger partial charge is 0.497 e. The normalized spacial score (nSPS) is 19.5. The van der Waals surface area contributed by atoms with Crippen LogP contribution in [0.5, 0.6) is 5.75 Å². The van der Waals surface area contributed by atoms with E-state index in [1.807, 2.05) is 41.3 Å². The van der Waals surface area contributed by atoms with Crippen LogP contribution in [0.25, 0.3) is 0 Å². The Kier molecular flexibility index (Phi) is 4.39. The Labute approximate surface area is 151 Å². The number of methoxy groups -OCH3 is 1. The van der Waals surface area contributed by atoms with Gasteiger partial charge < -0.3 is 14.2 Å². The van der Waals surface area contributed by atoms with Crippen molar-refractivity contribution in [3.8, 4) is 5.75 Å². The summed E-state index contributed by atoms with van der Waals surface area (Å²) in [7, 11) is 1.59. The molecule has 4 rings (SSSR count). The highest BCUT2D eigenvalue weighted by atomic mass is 16.5. The minimum Gasteiger partial charge on any atom is -0.497 e. The number of ether oxygens (including phenoxy) is 1. The van der Waals surface area contributed by atoms with Gasteiger partial charge in [0.1, 0.15) is 5.75 Å². The van der Waals surface area contributed by atoms with E-state index in [4.69, 9.17) is 9.26 Å². The predicted octanol–water partition coefficient (Wildman–Crippen LogP) is 3.10. The van der Waals surface area contributed by atoms with Gasteiger partial charge in [-0.2, -0.15) is 4.98 Å². The Morgan fingerprint density at radius 1 is 1.12 bits per heavy atom. The summed E-state index contributed by atoms with van der Waals surface area (Å²) in [5.74, 6) is 1.43. The van der Waals surface area contributed by atoms with Crippen LogP contribution in [0.3, 0.4) is 0 Å². The SMILES string of the molecule is COc1cccc(C(=O)N2CC(c3ccccc3)C(c3ncon3)C2)c1. The summed E-state index contributed by atoms with van der Waals surface area (Å²) in [6, 6.07) is 17.4. The molecule has 3 aromatic rings. The summed E-state index contributed by atoms with van der Waals surface area (Å²) < 4.78 is 10.2. The standard InChI is InChI=1S/C20H19N3O3/c1-25-16-9-5-8-15(10-16)20(24)23-11-17(14-6-3-2-4-7-14)18(12-23)19-21-13-26-22-19/h2-10,13,17-18H,11-12H2,1H3. The molecule has 2 heterocycles. The fraction of sp³-hybridized carbons (Fsp3) is 0.250. The maximum Gasteiger partial charge on any atom is 0.254 e. The minimum atomic E-state index is -0.0178. The van der Waals surface area contributed by atoms with Crippen molar-refractivity contribution in [1.29, 1.82) is 0 Å². The quantitative estimate of drug-likeness (QED) is 0.724. The molecule has 0 radical (unpaired) electrons. The molecule has 1 amide bonds. The minimum absolute atomic E-state index is 0.00528. The van der Waals surface area contributed by atoms with Crippen LogP contribution in [-0.2, 0) is 0 Å². The third kappa shape index (κ3) is 3.06. The van der Waals surface area contributed by atoms with E-state index in [1.165, 1.54) is 12.0 Å². The Morgan fingerprint density at radius 2 is 1.92 bits per heavy atom. The van der Waals surface area contributed by atoms with Crippen molar-refractivity contribution in [2.24, 2.45) is 0 Å². The van der Waals surface area contributed by atoms with Crippen molar-refractivity contribution in [2.75, 3.05) is 20.2 Å². The van der Waals surface area contributed by atoms with Crippen LogP contribution >= 0.6 is 0 Å². The fourth-order valence-electron chi connectivity index (χ4n) is 3.55. The van der Waals surface area contributed by atoms with E-state index in [1.54, 1.807) is 13.2 Å². The molecule has 1 saturated heterocycles. The van der Waals surface area contributed by atoms with Crippen molar-refractivity contribution in [2.45, 2.75) is 11.8 Å². The lowest BCUT2D eigenvalue weighted by molar-refractivity contribution is 0.0788. The number of nitrogens with zero attached hydrogens (tertiary/aromatic N) is 3. The Morgan fingerprint density at radius 3 is 2.65 bits per heavy atom. The van der Waals surface area contributed by atoms with Crippen molar-refractivity contribution >= 4 is 5.91 Å². The highest BCUT2D eigenvalue weighted by molar-refractivity contribution is 5.95. The van der Waals surface area contributed by atoms with E-state index in [-0.39, 0.29) is 17.7 Å². The highest BCUT2D eigenvalue weighted by Crippen LogP contribution is 2.38. The summed E-state index contributed by atoms with van der Waals surface area (Å²) in [6.07, 6.45) is 1.34. The average Bonchev–Trinajstić information content (AvgIpc) is 3.37. The van der Waals surface area contributed by atoms with Gasteiger partial charge in [-0.25, -0.2) is 0 Å². The van der Waals surface area contributed by atoms with E-state index in [9.17, 15) is 4.79 Å². The third-order valence-electron chi connectivity index (χ3n) is 4.86. The first-order valence-corrected chi connectivity index (χ1v) is 8.51. The molecule has 0 saturated carbocycles. The molecule has 0 N–H and O–H groups in total. The number of aromatic nitrogens is 2. The molecule has 0 spiro atoms. The van der Waals surface area contributed by atoms with Crippen molar-refractivity contribution in [3.63, 3.8) is 0 Å². The van der Waals surface area contributed by atoms with Gasteiger partial charge in [-0.1, -0.05) is 41.6 Å². The predicted molar refractivity (Wildman–Crippen MR) is 95.1 cm³/mol. The number of rotatable bonds is 4. The maximum atomic E-state index is 13.0. The molecule has 2 atom stereocenters.